The van der Waals surface area contributed by atoms with Crippen LogP contribution in [0.4, 0.5) is 23.9 Å². The summed E-state index contributed by atoms with van der Waals surface area (Å²) in [5.41, 5.74) is 7.05. The molecule has 1 heterocycles. The van der Waals surface area contributed by atoms with Crippen LogP contribution in [0.3, 0.4) is 0 Å². The van der Waals surface area contributed by atoms with Gasteiger partial charge in [0.2, 0.25) is 0 Å². The summed E-state index contributed by atoms with van der Waals surface area (Å²) in [6.07, 6.45) is -0.739. The van der Waals surface area contributed by atoms with E-state index in [4.69, 9.17) is 5.73 Å². The first-order valence-electron chi connectivity index (χ1n) is 9.41. The van der Waals surface area contributed by atoms with Crippen LogP contribution in [0.5, 0.6) is 0 Å². The van der Waals surface area contributed by atoms with Gasteiger partial charge in [-0.05, 0) is 54.4 Å². The number of carbonyl (C=O) groups is 1. The first kappa shape index (κ1) is 20.7. The summed E-state index contributed by atoms with van der Waals surface area (Å²) >= 11 is 1.43. The minimum absolute atomic E-state index is 0.111. The molecule has 0 spiro atoms. The van der Waals surface area contributed by atoms with Crippen LogP contribution in [-0.4, -0.2) is 5.91 Å². The lowest BCUT2D eigenvalue weighted by molar-refractivity contribution is -0.137. The third-order valence-corrected chi connectivity index (χ3v) is 7.07. The number of thiophene rings is 1. The Bertz CT molecular complexity index is 886. The Balaban J connectivity index is 1.83. The predicted octanol–water partition coefficient (Wildman–Crippen LogP) is 6.14. The van der Waals surface area contributed by atoms with Crippen molar-refractivity contribution in [3.8, 4) is 0 Å². The third kappa shape index (κ3) is 4.04. The summed E-state index contributed by atoms with van der Waals surface area (Å²) in [7, 11) is 0. The number of benzene rings is 1. The summed E-state index contributed by atoms with van der Waals surface area (Å²) in [4.78, 5) is 13.9. The van der Waals surface area contributed by atoms with Crippen molar-refractivity contribution in [2.24, 2.45) is 11.3 Å². The molecule has 0 radical (unpaired) electrons. The van der Waals surface area contributed by atoms with Gasteiger partial charge in [0, 0.05) is 10.6 Å². The first-order valence-corrected chi connectivity index (χ1v) is 10.2. The number of halogens is 3. The Morgan fingerprint density at radius 1 is 1.32 bits per heavy atom. The lowest BCUT2D eigenvalue weighted by atomic mass is 9.69. The number of hydrogen-bond donors (Lipinski definition) is 2. The summed E-state index contributed by atoms with van der Waals surface area (Å²) in [5.74, 6) is 0.0879. The number of alkyl halides is 3. The maximum atomic E-state index is 12.9. The number of anilines is 2. The highest BCUT2D eigenvalue weighted by Crippen LogP contribution is 2.44. The average Bonchev–Trinajstić information content (AvgIpc) is 2.96. The van der Waals surface area contributed by atoms with E-state index in [9.17, 15) is 18.0 Å². The number of carbonyl (C=O) groups excluding carboxylic acids is 1. The molecule has 28 heavy (non-hydrogen) atoms. The molecule has 0 unspecified atom stereocenters. The van der Waals surface area contributed by atoms with Crippen LogP contribution < -0.4 is 11.1 Å². The Labute approximate surface area is 167 Å². The SMILES string of the molecule is CCC(C)(C)[C@@H]1CCc2c(sc(N)c2C(=O)Nc2cccc(C(F)(F)F)c2)C1. The van der Waals surface area contributed by atoms with Gasteiger partial charge in [-0.3, -0.25) is 4.79 Å². The Hall–Kier alpha value is -2.02. The van der Waals surface area contributed by atoms with Crippen molar-refractivity contribution in [1.82, 2.24) is 0 Å². The molecule has 1 aliphatic rings. The molecule has 1 amide bonds. The predicted molar refractivity (Wildman–Crippen MR) is 108 cm³/mol. The van der Waals surface area contributed by atoms with Crippen molar-refractivity contribution in [2.75, 3.05) is 11.1 Å². The third-order valence-electron chi connectivity index (χ3n) is 5.98. The van der Waals surface area contributed by atoms with Crippen LogP contribution in [-0.2, 0) is 19.0 Å². The van der Waals surface area contributed by atoms with E-state index in [0.717, 1.165) is 48.3 Å². The molecule has 152 valence electrons. The molecular formula is C21H25F3N2OS. The molecule has 1 aromatic heterocycles. The Morgan fingerprint density at radius 3 is 2.68 bits per heavy atom. The molecule has 1 atom stereocenters. The fourth-order valence-electron chi connectivity index (χ4n) is 3.78. The van der Waals surface area contributed by atoms with Gasteiger partial charge in [0.25, 0.3) is 5.91 Å². The minimum atomic E-state index is -4.46. The maximum Gasteiger partial charge on any atom is 0.416 e. The van der Waals surface area contributed by atoms with Crippen molar-refractivity contribution >= 4 is 27.9 Å². The number of fused-ring (bicyclic) bond motifs is 1. The number of hydrogen-bond acceptors (Lipinski definition) is 3. The second-order valence-corrected chi connectivity index (χ2v) is 9.19. The van der Waals surface area contributed by atoms with Crippen LogP contribution in [0, 0.1) is 11.3 Å². The molecule has 0 fully saturated rings. The van der Waals surface area contributed by atoms with Crippen molar-refractivity contribution in [3.63, 3.8) is 0 Å². The van der Waals surface area contributed by atoms with Gasteiger partial charge >= 0.3 is 6.18 Å². The lowest BCUT2D eigenvalue weighted by Gasteiger charge is -2.36. The number of amides is 1. The number of nitrogens with two attached hydrogens (primary N) is 1. The molecule has 0 bridgehead atoms. The summed E-state index contributed by atoms with van der Waals surface area (Å²) in [5, 5.41) is 3.02. The van der Waals surface area contributed by atoms with E-state index in [1.807, 2.05) is 0 Å². The van der Waals surface area contributed by atoms with E-state index in [0.29, 0.717) is 16.5 Å². The smallest absolute Gasteiger partial charge is 0.390 e. The molecular weight excluding hydrogens is 385 g/mol. The first-order chi connectivity index (χ1) is 13.0. The van der Waals surface area contributed by atoms with Crippen molar-refractivity contribution in [2.45, 2.75) is 52.6 Å². The molecule has 3 rings (SSSR count). The summed E-state index contributed by atoms with van der Waals surface area (Å²) in [6, 6.07) is 4.64. The van der Waals surface area contributed by atoms with Crippen LogP contribution in [0.1, 0.15) is 60.0 Å². The molecule has 2 aromatic rings. The standard InChI is InChI=1S/C21H25F3N2OS/c1-4-20(2,3)12-8-9-15-16(11-12)28-18(25)17(15)19(27)26-14-7-5-6-13(10-14)21(22,23)24/h5-7,10,12H,4,8-9,11,25H2,1-3H3,(H,26,27)/t12-/m1/s1. The van der Waals surface area contributed by atoms with Gasteiger partial charge in [-0.1, -0.05) is 33.3 Å². The van der Waals surface area contributed by atoms with E-state index >= 15 is 0 Å². The largest absolute Gasteiger partial charge is 0.416 e. The van der Waals surface area contributed by atoms with Gasteiger partial charge in [0.05, 0.1) is 16.1 Å². The monoisotopic (exact) mass is 410 g/mol. The van der Waals surface area contributed by atoms with Crippen LogP contribution in [0.2, 0.25) is 0 Å². The zero-order valence-electron chi connectivity index (χ0n) is 16.2. The molecule has 1 aliphatic carbocycles. The lowest BCUT2D eigenvalue weighted by Crippen LogP contribution is -2.29. The van der Waals surface area contributed by atoms with Crippen molar-refractivity contribution < 1.29 is 18.0 Å². The van der Waals surface area contributed by atoms with E-state index in [1.165, 1.54) is 23.5 Å². The maximum absolute atomic E-state index is 12.9. The number of rotatable bonds is 4. The van der Waals surface area contributed by atoms with Crippen molar-refractivity contribution in [3.05, 3.63) is 45.8 Å². The van der Waals surface area contributed by atoms with Crippen LogP contribution in [0.15, 0.2) is 24.3 Å². The second kappa shape index (κ2) is 7.43. The quantitative estimate of drug-likeness (QED) is 0.636. The molecule has 7 heteroatoms. The molecule has 0 saturated carbocycles. The molecule has 0 saturated heterocycles. The van der Waals surface area contributed by atoms with Gasteiger partial charge in [0.1, 0.15) is 0 Å². The number of nitrogens with one attached hydrogen (secondary N) is 1. The zero-order valence-corrected chi connectivity index (χ0v) is 17.1. The highest BCUT2D eigenvalue weighted by atomic mass is 32.1. The van der Waals surface area contributed by atoms with Crippen LogP contribution >= 0.6 is 11.3 Å². The molecule has 1 aromatic carbocycles. The summed E-state index contributed by atoms with van der Waals surface area (Å²) in [6.45, 7) is 6.72. The molecule has 0 aliphatic heterocycles. The van der Waals surface area contributed by atoms with Gasteiger partial charge < -0.3 is 11.1 Å². The Morgan fingerprint density at radius 2 is 2.04 bits per heavy atom. The zero-order chi connectivity index (χ0) is 20.7. The average molecular weight is 411 g/mol. The second-order valence-electron chi connectivity index (χ2n) is 8.06. The summed E-state index contributed by atoms with van der Waals surface area (Å²) < 4.78 is 38.7. The fraction of sp³-hybridized carbons (Fsp3) is 0.476. The minimum Gasteiger partial charge on any atom is -0.390 e. The molecule has 3 nitrogen and oxygen atoms in total. The van der Waals surface area contributed by atoms with Crippen LogP contribution in [0.25, 0.3) is 0 Å². The Kier molecular flexibility index (Phi) is 5.49. The van der Waals surface area contributed by atoms with E-state index in [-0.39, 0.29) is 11.1 Å². The van der Waals surface area contributed by atoms with E-state index in [1.54, 1.807) is 0 Å². The highest BCUT2D eigenvalue weighted by Gasteiger charge is 2.35. The van der Waals surface area contributed by atoms with Gasteiger partial charge in [0.15, 0.2) is 0 Å². The highest BCUT2D eigenvalue weighted by molar-refractivity contribution is 7.16. The number of nitrogen functional groups attached to an aromatic ring is 1. The van der Waals surface area contributed by atoms with Gasteiger partial charge in [-0.2, -0.15) is 13.2 Å². The fourth-order valence-corrected chi connectivity index (χ4v) is 4.97. The van der Waals surface area contributed by atoms with Crippen molar-refractivity contribution in [1.29, 1.82) is 0 Å². The van der Waals surface area contributed by atoms with E-state index in [2.05, 4.69) is 26.1 Å². The normalized spacial score (nSPS) is 17.3. The van der Waals surface area contributed by atoms with Gasteiger partial charge in [-0.15, -0.1) is 11.3 Å². The van der Waals surface area contributed by atoms with E-state index < -0.39 is 17.6 Å². The molecule has 3 N–H and O–H groups in total. The topological polar surface area (TPSA) is 55.1 Å². The van der Waals surface area contributed by atoms with Gasteiger partial charge in [-0.25, -0.2) is 0 Å².